The van der Waals surface area contributed by atoms with Crippen LogP contribution in [0.3, 0.4) is 0 Å². The van der Waals surface area contributed by atoms with Gasteiger partial charge in [0.1, 0.15) is 6.54 Å². The van der Waals surface area contributed by atoms with Gasteiger partial charge in [0.2, 0.25) is 5.91 Å². The van der Waals surface area contributed by atoms with Gasteiger partial charge in [0, 0.05) is 18.5 Å². The molecule has 2 aromatic rings. The van der Waals surface area contributed by atoms with Crippen LogP contribution in [0.5, 0.6) is 0 Å². The quantitative estimate of drug-likeness (QED) is 0.664. The van der Waals surface area contributed by atoms with Crippen molar-refractivity contribution in [3.63, 3.8) is 0 Å². The van der Waals surface area contributed by atoms with Gasteiger partial charge in [-0.3, -0.25) is 9.59 Å². The smallest absolute Gasteiger partial charge is 0.383 e. The maximum Gasteiger partial charge on any atom is 0.418 e. The molecule has 1 heterocycles. The number of fused-ring (bicyclic) bond motifs is 1. The van der Waals surface area contributed by atoms with Crippen molar-refractivity contribution >= 4 is 28.8 Å². The molecule has 3 rings (SSSR count). The fourth-order valence-corrected chi connectivity index (χ4v) is 4.80. The molecule has 0 saturated heterocycles. The fourth-order valence-electron chi connectivity index (χ4n) is 3.62. The molecule has 1 N–H and O–H groups in total. The minimum Gasteiger partial charge on any atom is -0.383 e. The monoisotopic (exact) mass is 454 g/mol. The van der Waals surface area contributed by atoms with Gasteiger partial charge in [0.25, 0.3) is 5.91 Å². The van der Waals surface area contributed by atoms with E-state index in [4.69, 9.17) is 4.74 Å². The van der Waals surface area contributed by atoms with Gasteiger partial charge < -0.3 is 15.0 Å². The summed E-state index contributed by atoms with van der Waals surface area (Å²) in [6.45, 7) is 2.17. The van der Waals surface area contributed by atoms with Crippen molar-refractivity contribution in [1.82, 2.24) is 4.90 Å². The highest BCUT2D eigenvalue weighted by Crippen LogP contribution is 2.35. The van der Waals surface area contributed by atoms with Crippen LogP contribution in [-0.2, 0) is 28.5 Å². The molecular weight excluding hydrogens is 429 g/mol. The van der Waals surface area contributed by atoms with Crippen LogP contribution in [0.15, 0.2) is 30.3 Å². The zero-order valence-electron chi connectivity index (χ0n) is 17.4. The number of anilines is 1. The van der Waals surface area contributed by atoms with Gasteiger partial charge in [-0.15, -0.1) is 11.3 Å². The van der Waals surface area contributed by atoms with Gasteiger partial charge in [-0.2, -0.15) is 13.2 Å². The first-order chi connectivity index (χ1) is 14.7. The lowest BCUT2D eigenvalue weighted by molar-refractivity contribution is -0.137. The summed E-state index contributed by atoms with van der Waals surface area (Å²) in [6.07, 6.45) is -1.66. The van der Waals surface area contributed by atoms with Gasteiger partial charge in [0.05, 0.1) is 22.7 Å². The number of halogens is 3. The fraction of sp³-hybridized carbons (Fsp3) is 0.455. The van der Waals surface area contributed by atoms with E-state index in [0.29, 0.717) is 10.8 Å². The van der Waals surface area contributed by atoms with Crippen molar-refractivity contribution in [2.75, 3.05) is 32.1 Å². The zero-order valence-corrected chi connectivity index (χ0v) is 18.2. The SMILES string of the molecule is COCCN(CC(=O)Nc1ccccc1C(F)(F)F)C(=O)c1cc2c(s1)CC[C@H](C)C2. The number of alkyl halides is 3. The molecule has 0 unspecified atom stereocenters. The van der Waals surface area contributed by atoms with E-state index in [-0.39, 0.29) is 31.3 Å². The Labute approximate surface area is 183 Å². The van der Waals surface area contributed by atoms with E-state index in [1.54, 1.807) is 0 Å². The van der Waals surface area contributed by atoms with Gasteiger partial charge in [0.15, 0.2) is 0 Å². The third-order valence-corrected chi connectivity index (χ3v) is 6.46. The molecule has 1 aliphatic carbocycles. The Morgan fingerprint density at radius 3 is 2.74 bits per heavy atom. The first-order valence-corrected chi connectivity index (χ1v) is 10.9. The lowest BCUT2D eigenvalue weighted by Gasteiger charge is -2.22. The molecule has 5 nitrogen and oxygen atoms in total. The first kappa shape index (κ1) is 23.3. The molecule has 0 bridgehead atoms. The van der Waals surface area contributed by atoms with Gasteiger partial charge in [-0.25, -0.2) is 0 Å². The Balaban J connectivity index is 1.74. The summed E-state index contributed by atoms with van der Waals surface area (Å²) in [5.41, 5.74) is -0.0970. The molecule has 168 valence electrons. The van der Waals surface area contributed by atoms with Crippen LogP contribution in [0.25, 0.3) is 0 Å². The van der Waals surface area contributed by atoms with Crippen LogP contribution in [0, 0.1) is 5.92 Å². The number of methoxy groups -OCH3 is 1. The van der Waals surface area contributed by atoms with Crippen molar-refractivity contribution < 1.29 is 27.5 Å². The predicted molar refractivity (Wildman–Crippen MR) is 113 cm³/mol. The minimum absolute atomic E-state index is 0.155. The first-order valence-electron chi connectivity index (χ1n) is 10.0. The highest BCUT2D eigenvalue weighted by Gasteiger charge is 2.34. The van der Waals surface area contributed by atoms with E-state index in [1.807, 2.05) is 6.07 Å². The Hall–Kier alpha value is -2.39. The van der Waals surface area contributed by atoms with Crippen LogP contribution in [0.4, 0.5) is 18.9 Å². The summed E-state index contributed by atoms with van der Waals surface area (Å²) in [5.74, 6) is -0.450. The molecule has 1 aromatic carbocycles. The average molecular weight is 455 g/mol. The third kappa shape index (κ3) is 5.86. The largest absolute Gasteiger partial charge is 0.418 e. The third-order valence-electron chi connectivity index (χ3n) is 5.23. The van der Waals surface area contributed by atoms with E-state index in [1.165, 1.54) is 52.0 Å². The lowest BCUT2D eigenvalue weighted by atomic mass is 9.90. The summed E-state index contributed by atoms with van der Waals surface area (Å²) < 4.78 is 44.6. The summed E-state index contributed by atoms with van der Waals surface area (Å²) in [6, 6.07) is 6.65. The number of amides is 2. The summed E-state index contributed by atoms with van der Waals surface area (Å²) >= 11 is 1.43. The highest BCUT2D eigenvalue weighted by molar-refractivity contribution is 7.14. The van der Waals surface area contributed by atoms with E-state index < -0.39 is 17.6 Å². The minimum atomic E-state index is -4.59. The number of nitrogens with zero attached hydrogens (tertiary/aromatic N) is 1. The van der Waals surface area contributed by atoms with Gasteiger partial charge in [-0.05, 0) is 48.9 Å². The number of thiophene rings is 1. The van der Waals surface area contributed by atoms with Crippen molar-refractivity contribution in [2.24, 2.45) is 5.92 Å². The topological polar surface area (TPSA) is 58.6 Å². The van der Waals surface area contributed by atoms with Crippen LogP contribution >= 0.6 is 11.3 Å². The number of para-hydroxylation sites is 1. The molecule has 0 spiro atoms. The number of aryl methyl sites for hydroxylation is 1. The van der Waals surface area contributed by atoms with Gasteiger partial charge in [-0.1, -0.05) is 19.1 Å². The number of hydrogen-bond donors (Lipinski definition) is 1. The molecule has 0 radical (unpaired) electrons. The van der Waals surface area contributed by atoms with Crippen molar-refractivity contribution in [3.05, 3.63) is 51.2 Å². The highest BCUT2D eigenvalue weighted by atomic mass is 32.1. The Morgan fingerprint density at radius 2 is 2.03 bits per heavy atom. The molecule has 1 atom stereocenters. The second-order valence-corrected chi connectivity index (χ2v) is 8.85. The molecule has 2 amide bonds. The number of benzene rings is 1. The maximum absolute atomic E-state index is 13.2. The molecule has 0 aliphatic heterocycles. The standard InChI is InChI=1S/C22H25F3N2O3S/c1-14-7-8-18-15(11-14)12-19(31-18)21(29)27(9-10-30-2)13-20(28)26-17-6-4-3-5-16(17)22(23,24)25/h3-6,12,14H,7-11,13H2,1-2H3,(H,26,28)/t14-/m0/s1. The summed E-state index contributed by atoms with van der Waals surface area (Å²) in [7, 11) is 1.48. The predicted octanol–water partition coefficient (Wildman–Crippen LogP) is 4.62. The number of ether oxygens (including phenoxy) is 1. The number of hydrogen-bond acceptors (Lipinski definition) is 4. The van der Waals surface area contributed by atoms with E-state index in [2.05, 4.69) is 12.2 Å². The maximum atomic E-state index is 13.2. The Kier molecular flexibility index (Phi) is 7.38. The van der Waals surface area contributed by atoms with E-state index >= 15 is 0 Å². The van der Waals surface area contributed by atoms with Crippen LogP contribution in [0.1, 0.15) is 39.0 Å². The molecule has 9 heteroatoms. The normalized spacial score (nSPS) is 16.0. The zero-order chi connectivity index (χ0) is 22.6. The van der Waals surface area contributed by atoms with Crippen molar-refractivity contribution in [2.45, 2.75) is 32.4 Å². The molecule has 1 aliphatic rings. The lowest BCUT2D eigenvalue weighted by Crippen LogP contribution is -2.39. The summed E-state index contributed by atoms with van der Waals surface area (Å²) in [4.78, 5) is 28.7. The average Bonchev–Trinajstić information content (AvgIpc) is 3.13. The Morgan fingerprint density at radius 1 is 1.29 bits per heavy atom. The number of nitrogens with one attached hydrogen (secondary N) is 1. The van der Waals surface area contributed by atoms with Crippen molar-refractivity contribution in [3.8, 4) is 0 Å². The second kappa shape index (κ2) is 9.82. The van der Waals surface area contributed by atoms with E-state index in [9.17, 15) is 22.8 Å². The summed E-state index contributed by atoms with van der Waals surface area (Å²) in [5, 5.41) is 2.29. The van der Waals surface area contributed by atoms with E-state index in [0.717, 1.165) is 25.3 Å². The second-order valence-electron chi connectivity index (χ2n) is 7.72. The van der Waals surface area contributed by atoms with Crippen LogP contribution < -0.4 is 5.32 Å². The van der Waals surface area contributed by atoms with Gasteiger partial charge >= 0.3 is 6.18 Å². The number of rotatable bonds is 7. The van der Waals surface area contributed by atoms with Crippen LogP contribution in [-0.4, -0.2) is 43.5 Å². The molecule has 0 fully saturated rings. The Bertz CT molecular complexity index is 942. The molecule has 0 saturated carbocycles. The molecule has 1 aromatic heterocycles. The number of carbonyl (C=O) groups excluding carboxylic acids is 2. The van der Waals surface area contributed by atoms with Crippen LogP contribution in [0.2, 0.25) is 0 Å². The molecule has 31 heavy (non-hydrogen) atoms. The van der Waals surface area contributed by atoms with Crippen molar-refractivity contribution in [1.29, 1.82) is 0 Å². The molecular formula is C22H25F3N2O3S. The number of carbonyl (C=O) groups is 2.